The molecule has 0 radical (unpaired) electrons. The second-order valence-corrected chi connectivity index (χ2v) is 3.65. The maximum absolute atomic E-state index is 5.05. The molecule has 84 valence electrons. The van der Waals surface area contributed by atoms with Gasteiger partial charge in [0.15, 0.2) is 0 Å². The lowest BCUT2D eigenvalue weighted by molar-refractivity contribution is 0.413. The Morgan fingerprint density at radius 3 is 2.31 bits per heavy atom. The number of aryl methyl sites for hydroxylation is 2. The molecule has 0 saturated heterocycles. The van der Waals surface area contributed by atoms with Gasteiger partial charge in [0.2, 0.25) is 0 Å². The smallest absolute Gasteiger partial charge is 0.145 e. The molecule has 0 aliphatic rings. The van der Waals surface area contributed by atoms with Gasteiger partial charge in [-0.1, -0.05) is 0 Å². The Bertz CT molecular complexity index is 454. The summed E-state index contributed by atoms with van der Waals surface area (Å²) in [6, 6.07) is 7.89. The highest BCUT2D eigenvalue weighted by Crippen LogP contribution is 2.13. The standard InChI is InChI=1S/C12H15N3O/c1-9-4-5-10(2)15(9)14-12-7-6-11(16-3)8-13-12/h4-8H,1-3H3,(H,13,14). The van der Waals surface area contributed by atoms with Gasteiger partial charge in [0, 0.05) is 11.4 Å². The fourth-order valence-corrected chi connectivity index (χ4v) is 1.53. The third kappa shape index (κ3) is 2.00. The van der Waals surface area contributed by atoms with Crippen molar-refractivity contribution in [1.29, 1.82) is 0 Å². The van der Waals surface area contributed by atoms with Gasteiger partial charge >= 0.3 is 0 Å². The minimum atomic E-state index is 0.756. The Morgan fingerprint density at radius 2 is 1.81 bits per heavy atom. The second kappa shape index (κ2) is 4.26. The molecular formula is C12H15N3O. The van der Waals surface area contributed by atoms with Gasteiger partial charge in [0.25, 0.3) is 0 Å². The summed E-state index contributed by atoms with van der Waals surface area (Å²) >= 11 is 0. The molecule has 2 heterocycles. The van der Waals surface area contributed by atoms with Crippen LogP contribution in [0.5, 0.6) is 5.75 Å². The van der Waals surface area contributed by atoms with E-state index in [1.165, 1.54) is 0 Å². The molecule has 0 atom stereocenters. The lowest BCUT2D eigenvalue weighted by atomic mass is 10.4. The molecule has 0 aliphatic carbocycles. The Labute approximate surface area is 94.9 Å². The molecule has 0 aromatic carbocycles. The molecule has 16 heavy (non-hydrogen) atoms. The van der Waals surface area contributed by atoms with Gasteiger partial charge in [0.1, 0.15) is 11.6 Å². The van der Waals surface area contributed by atoms with Crippen LogP contribution in [0, 0.1) is 13.8 Å². The molecule has 0 amide bonds. The monoisotopic (exact) mass is 217 g/mol. The van der Waals surface area contributed by atoms with E-state index >= 15 is 0 Å². The highest BCUT2D eigenvalue weighted by Gasteiger charge is 2.01. The summed E-state index contributed by atoms with van der Waals surface area (Å²) in [4.78, 5) is 4.25. The van der Waals surface area contributed by atoms with E-state index in [0.717, 1.165) is 23.0 Å². The molecule has 0 unspecified atom stereocenters. The van der Waals surface area contributed by atoms with Crippen molar-refractivity contribution in [3.8, 4) is 5.75 Å². The van der Waals surface area contributed by atoms with Crippen LogP contribution in [-0.4, -0.2) is 16.8 Å². The van der Waals surface area contributed by atoms with Gasteiger partial charge in [-0.05, 0) is 38.1 Å². The van der Waals surface area contributed by atoms with E-state index in [0.29, 0.717) is 0 Å². The molecule has 1 N–H and O–H groups in total. The minimum Gasteiger partial charge on any atom is -0.495 e. The molecule has 2 rings (SSSR count). The zero-order valence-electron chi connectivity index (χ0n) is 9.69. The van der Waals surface area contributed by atoms with Crippen LogP contribution >= 0.6 is 0 Å². The van der Waals surface area contributed by atoms with Crippen LogP contribution in [-0.2, 0) is 0 Å². The Hall–Kier alpha value is -1.97. The maximum Gasteiger partial charge on any atom is 0.145 e. The fourth-order valence-electron chi connectivity index (χ4n) is 1.53. The van der Waals surface area contributed by atoms with E-state index in [2.05, 4.69) is 22.5 Å². The van der Waals surface area contributed by atoms with Crippen LogP contribution in [0.25, 0.3) is 0 Å². The number of methoxy groups -OCH3 is 1. The topological polar surface area (TPSA) is 39.1 Å². The van der Waals surface area contributed by atoms with Crippen LogP contribution in [0.15, 0.2) is 30.5 Å². The quantitative estimate of drug-likeness (QED) is 0.858. The number of nitrogens with one attached hydrogen (secondary N) is 1. The molecule has 2 aromatic heterocycles. The maximum atomic E-state index is 5.05. The van der Waals surface area contributed by atoms with Crippen molar-refractivity contribution < 1.29 is 4.74 Å². The first-order valence-electron chi connectivity index (χ1n) is 5.13. The second-order valence-electron chi connectivity index (χ2n) is 3.65. The van der Waals surface area contributed by atoms with E-state index < -0.39 is 0 Å². The SMILES string of the molecule is COc1ccc(Nn2c(C)ccc2C)nc1. The Morgan fingerprint density at radius 1 is 1.12 bits per heavy atom. The number of pyridine rings is 1. The lowest BCUT2D eigenvalue weighted by Gasteiger charge is -2.11. The molecule has 0 saturated carbocycles. The van der Waals surface area contributed by atoms with Crippen LogP contribution in [0.4, 0.5) is 5.82 Å². The highest BCUT2D eigenvalue weighted by molar-refractivity contribution is 5.38. The third-order valence-electron chi connectivity index (χ3n) is 2.47. The van der Waals surface area contributed by atoms with Gasteiger partial charge in [-0.3, -0.25) is 10.1 Å². The number of anilines is 1. The molecule has 0 spiro atoms. The van der Waals surface area contributed by atoms with Crippen molar-refractivity contribution in [1.82, 2.24) is 9.66 Å². The Kier molecular flexibility index (Phi) is 2.81. The molecule has 0 fully saturated rings. The predicted octanol–water partition coefficient (Wildman–Crippen LogP) is 2.38. The summed E-state index contributed by atoms with van der Waals surface area (Å²) in [6.45, 7) is 4.09. The Balaban J connectivity index is 2.20. The van der Waals surface area contributed by atoms with E-state index in [9.17, 15) is 0 Å². The largest absolute Gasteiger partial charge is 0.495 e. The number of ether oxygens (including phenoxy) is 1. The van der Waals surface area contributed by atoms with Gasteiger partial charge < -0.3 is 4.74 Å². The van der Waals surface area contributed by atoms with E-state index in [1.807, 2.05) is 30.7 Å². The summed E-state index contributed by atoms with van der Waals surface area (Å²) in [5.41, 5.74) is 5.52. The number of nitrogens with zero attached hydrogens (tertiary/aromatic N) is 2. The summed E-state index contributed by atoms with van der Waals surface area (Å²) in [6.07, 6.45) is 1.69. The summed E-state index contributed by atoms with van der Waals surface area (Å²) in [7, 11) is 1.63. The lowest BCUT2D eigenvalue weighted by Crippen LogP contribution is -2.13. The molecule has 4 heteroatoms. The number of hydrogen-bond donors (Lipinski definition) is 1. The van der Waals surface area contributed by atoms with Crippen LogP contribution in [0.3, 0.4) is 0 Å². The summed E-state index contributed by atoms with van der Waals surface area (Å²) in [5, 5.41) is 0. The predicted molar refractivity (Wildman–Crippen MR) is 63.7 cm³/mol. The first kappa shape index (κ1) is 10.5. The first-order valence-corrected chi connectivity index (χ1v) is 5.13. The molecular weight excluding hydrogens is 202 g/mol. The van der Waals surface area contributed by atoms with Crippen molar-refractivity contribution in [2.45, 2.75) is 13.8 Å². The first-order chi connectivity index (χ1) is 7.70. The van der Waals surface area contributed by atoms with Gasteiger partial charge in [-0.15, -0.1) is 0 Å². The summed E-state index contributed by atoms with van der Waals surface area (Å²) in [5.74, 6) is 1.55. The van der Waals surface area contributed by atoms with E-state index in [4.69, 9.17) is 4.74 Å². The zero-order valence-corrected chi connectivity index (χ0v) is 9.69. The number of aromatic nitrogens is 2. The minimum absolute atomic E-state index is 0.756. The number of hydrogen-bond acceptors (Lipinski definition) is 3. The molecule has 0 bridgehead atoms. The molecule has 0 aliphatic heterocycles. The third-order valence-corrected chi connectivity index (χ3v) is 2.47. The van der Waals surface area contributed by atoms with Crippen molar-refractivity contribution in [2.24, 2.45) is 0 Å². The van der Waals surface area contributed by atoms with Gasteiger partial charge in [0.05, 0.1) is 13.3 Å². The van der Waals surface area contributed by atoms with Crippen molar-refractivity contribution >= 4 is 5.82 Å². The summed E-state index contributed by atoms with van der Waals surface area (Å²) < 4.78 is 7.05. The zero-order chi connectivity index (χ0) is 11.5. The normalized spacial score (nSPS) is 10.2. The molecule has 2 aromatic rings. The fraction of sp³-hybridized carbons (Fsp3) is 0.250. The van der Waals surface area contributed by atoms with Crippen LogP contribution < -0.4 is 10.2 Å². The van der Waals surface area contributed by atoms with Crippen molar-refractivity contribution in [3.05, 3.63) is 41.9 Å². The van der Waals surface area contributed by atoms with Crippen LogP contribution in [0.2, 0.25) is 0 Å². The number of rotatable bonds is 3. The van der Waals surface area contributed by atoms with Crippen molar-refractivity contribution in [2.75, 3.05) is 12.5 Å². The average Bonchev–Trinajstić information content (AvgIpc) is 2.62. The van der Waals surface area contributed by atoms with Crippen LogP contribution in [0.1, 0.15) is 11.4 Å². The van der Waals surface area contributed by atoms with Crippen molar-refractivity contribution in [3.63, 3.8) is 0 Å². The van der Waals surface area contributed by atoms with E-state index in [1.54, 1.807) is 13.3 Å². The van der Waals surface area contributed by atoms with Gasteiger partial charge in [-0.25, -0.2) is 4.98 Å². The molecule has 4 nitrogen and oxygen atoms in total. The van der Waals surface area contributed by atoms with Gasteiger partial charge in [-0.2, -0.15) is 0 Å². The highest BCUT2D eigenvalue weighted by atomic mass is 16.5. The van der Waals surface area contributed by atoms with E-state index in [-0.39, 0.29) is 0 Å². The average molecular weight is 217 g/mol.